The number of nitrogens with zero attached hydrogens (tertiary/aromatic N) is 1. The highest BCUT2D eigenvalue weighted by Crippen LogP contribution is 2.27. The van der Waals surface area contributed by atoms with E-state index >= 15 is 0 Å². The van der Waals surface area contributed by atoms with Gasteiger partial charge in [-0.25, -0.2) is 0 Å². The zero-order chi connectivity index (χ0) is 33.8. The summed E-state index contributed by atoms with van der Waals surface area (Å²) in [4.78, 5) is 88.7. The second kappa shape index (κ2) is 17.5. The summed E-state index contributed by atoms with van der Waals surface area (Å²) in [6.07, 6.45) is 1.02. The van der Waals surface area contributed by atoms with E-state index in [1.54, 1.807) is 11.3 Å². The average molecular weight is 679 g/mol. The third-order valence-electron chi connectivity index (χ3n) is 7.73. The van der Waals surface area contributed by atoms with Gasteiger partial charge in [-0.1, -0.05) is 18.2 Å². The van der Waals surface area contributed by atoms with Crippen LogP contribution in [0.5, 0.6) is 0 Å². The molecule has 2 aromatic rings. The van der Waals surface area contributed by atoms with E-state index in [4.69, 9.17) is 28.2 Å². The Bertz CT molecular complexity index is 1450. The van der Waals surface area contributed by atoms with Crippen LogP contribution in [0.2, 0.25) is 0 Å². The number of primary amides is 2. The highest BCUT2D eigenvalue weighted by molar-refractivity contribution is 7.17. The van der Waals surface area contributed by atoms with Crippen LogP contribution in [0.15, 0.2) is 29.6 Å². The Kier molecular flexibility index (Phi) is 13.7. The van der Waals surface area contributed by atoms with E-state index in [9.17, 15) is 33.6 Å². The Balaban J connectivity index is 1.83. The fourth-order valence-electron chi connectivity index (χ4n) is 5.33. The third kappa shape index (κ3) is 10.4. The molecule has 0 unspecified atom stereocenters. The first-order chi connectivity index (χ1) is 21.9. The molecule has 3 rings (SSSR count). The normalized spacial score (nSPS) is 16.5. The number of nitrogens with two attached hydrogens (primary N) is 2. The molecule has 6 amide bonds. The standard InChI is InChI=1S/C30H39ClN6O8S/c31-15-25(39)34-21(11-13-26(40)41)30(45)37-14-4-3-6-22(37)29(44)36-20(28(43)35-19(27(33)42)10-12-24(32)38)9-8-17-16-46-23-7-2-1-5-18(17)23/h1-2,5,7,16,19-22H,3-4,6,8-15H2,(H2,32,38)(H2,33,42)(H,34,39)(H,35,43)(H,36,44)(H,40,41)/t19-,20-,21-,22-/m0/s1. The first-order valence-electron chi connectivity index (χ1n) is 14.9. The third-order valence-corrected chi connectivity index (χ3v) is 8.98. The number of piperidine rings is 1. The molecule has 1 aliphatic heterocycles. The number of carboxylic acids is 1. The lowest BCUT2D eigenvalue weighted by molar-refractivity contribution is -0.146. The van der Waals surface area contributed by atoms with Gasteiger partial charge in [-0.3, -0.25) is 33.6 Å². The maximum atomic E-state index is 13.8. The van der Waals surface area contributed by atoms with Gasteiger partial charge in [-0.05, 0) is 67.3 Å². The zero-order valence-electron chi connectivity index (χ0n) is 25.2. The van der Waals surface area contributed by atoms with Gasteiger partial charge in [0.15, 0.2) is 0 Å². The number of carbonyl (C=O) groups is 7. The van der Waals surface area contributed by atoms with Gasteiger partial charge in [0.1, 0.15) is 30.0 Å². The number of amides is 6. The molecular weight excluding hydrogens is 640 g/mol. The molecule has 16 heteroatoms. The van der Waals surface area contributed by atoms with Gasteiger partial charge < -0.3 is 37.4 Å². The summed E-state index contributed by atoms with van der Waals surface area (Å²) in [5, 5.41) is 19.8. The molecule has 46 heavy (non-hydrogen) atoms. The number of hydrogen-bond donors (Lipinski definition) is 6. The molecular formula is C30H39ClN6O8S. The van der Waals surface area contributed by atoms with Crippen LogP contribution >= 0.6 is 22.9 Å². The molecule has 2 heterocycles. The molecule has 0 radical (unpaired) electrons. The molecule has 14 nitrogen and oxygen atoms in total. The molecule has 0 aliphatic carbocycles. The van der Waals surface area contributed by atoms with Crippen LogP contribution in [0.25, 0.3) is 10.1 Å². The minimum atomic E-state index is -1.22. The number of thiophene rings is 1. The van der Waals surface area contributed by atoms with Crippen molar-refractivity contribution in [1.29, 1.82) is 0 Å². The molecule has 1 aromatic carbocycles. The minimum absolute atomic E-state index is 0.122. The van der Waals surface area contributed by atoms with E-state index in [-0.39, 0.29) is 38.6 Å². The number of nitrogens with one attached hydrogen (secondary N) is 3. The Hall–Kier alpha value is -4.24. The Morgan fingerprint density at radius 3 is 2.33 bits per heavy atom. The molecule has 8 N–H and O–H groups in total. The monoisotopic (exact) mass is 678 g/mol. The second-order valence-electron chi connectivity index (χ2n) is 11.1. The van der Waals surface area contributed by atoms with Crippen LogP contribution in [0.3, 0.4) is 0 Å². The summed E-state index contributed by atoms with van der Waals surface area (Å²) in [7, 11) is 0. The molecule has 0 spiro atoms. The van der Waals surface area contributed by atoms with E-state index < -0.39 is 77.9 Å². The Morgan fingerprint density at radius 1 is 0.935 bits per heavy atom. The number of benzene rings is 1. The molecule has 250 valence electrons. The van der Waals surface area contributed by atoms with Crippen LogP contribution < -0.4 is 27.4 Å². The predicted molar refractivity (Wildman–Crippen MR) is 171 cm³/mol. The topological polar surface area (TPSA) is 231 Å². The van der Waals surface area contributed by atoms with Crippen LogP contribution in [-0.2, 0) is 40.0 Å². The smallest absolute Gasteiger partial charge is 0.303 e. The van der Waals surface area contributed by atoms with Gasteiger partial charge in [0, 0.05) is 24.1 Å². The van der Waals surface area contributed by atoms with Crippen molar-refractivity contribution in [2.24, 2.45) is 11.5 Å². The molecule has 4 atom stereocenters. The van der Waals surface area contributed by atoms with Gasteiger partial charge in [0.2, 0.25) is 35.4 Å². The summed E-state index contributed by atoms with van der Waals surface area (Å²) in [5.74, 6) is -5.79. The average Bonchev–Trinajstić information content (AvgIpc) is 3.45. The maximum absolute atomic E-state index is 13.8. The summed E-state index contributed by atoms with van der Waals surface area (Å²) >= 11 is 7.14. The number of aliphatic carboxylic acids is 1. The lowest BCUT2D eigenvalue weighted by Gasteiger charge is -2.37. The van der Waals surface area contributed by atoms with Gasteiger partial charge in [0.25, 0.3) is 0 Å². The zero-order valence-corrected chi connectivity index (χ0v) is 26.7. The van der Waals surface area contributed by atoms with Crippen LogP contribution in [0.4, 0.5) is 0 Å². The van der Waals surface area contributed by atoms with Crippen molar-refractivity contribution in [3.63, 3.8) is 0 Å². The number of fused-ring (bicyclic) bond motifs is 1. The maximum Gasteiger partial charge on any atom is 0.303 e. The number of rotatable bonds is 17. The fourth-order valence-corrected chi connectivity index (χ4v) is 6.41. The summed E-state index contributed by atoms with van der Waals surface area (Å²) in [6.45, 7) is 0.172. The van der Waals surface area contributed by atoms with Crippen molar-refractivity contribution in [2.75, 3.05) is 12.4 Å². The summed E-state index contributed by atoms with van der Waals surface area (Å²) in [6, 6.07) is 3.14. The number of carbonyl (C=O) groups excluding carboxylic acids is 6. The summed E-state index contributed by atoms with van der Waals surface area (Å²) in [5.41, 5.74) is 11.6. The second-order valence-corrected chi connectivity index (χ2v) is 12.2. The van der Waals surface area contributed by atoms with Crippen molar-refractivity contribution >= 4 is 74.4 Å². The quantitative estimate of drug-likeness (QED) is 0.129. The highest BCUT2D eigenvalue weighted by atomic mass is 35.5. The number of alkyl halides is 1. The first-order valence-corrected chi connectivity index (χ1v) is 16.3. The number of likely N-dealkylation sites (tertiary alicyclic amines) is 1. The number of halogens is 1. The van der Waals surface area contributed by atoms with Crippen LogP contribution in [-0.4, -0.2) is 88.0 Å². The minimum Gasteiger partial charge on any atom is -0.481 e. The van der Waals surface area contributed by atoms with E-state index in [0.717, 1.165) is 15.6 Å². The van der Waals surface area contributed by atoms with Gasteiger partial charge in [-0.2, -0.15) is 0 Å². The SMILES string of the molecule is NC(=O)CC[C@H](NC(=O)[C@H](CCc1csc2ccccc12)NC(=O)[C@@H]1CCCCN1C(=O)[C@H](CCC(=O)O)NC(=O)CCl)C(N)=O. The molecule has 1 aliphatic rings. The molecule has 1 saturated heterocycles. The predicted octanol–water partition coefficient (Wildman–Crippen LogP) is 0.524. The van der Waals surface area contributed by atoms with E-state index in [2.05, 4.69) is 16.0 Å². The Morgan fingerprint density at radius 2 is 1.65 bits per heavy atom. The van der Waals surface area contributed by atoms with Crippen molar-refractivity contribution in [1.82, 2.24) is 20.9 Å². The molecule has 1 fully saturated rings. The largest absolute Gasteiger partial charge is 0.481 e. The van der Waals surface area contributed by atoms with E-state index in [1.807, 2.05) is 29.6 Å². The number of carboxylic acid groups (broad SMARTS) is 1. The number of aryl methyl sites for hydroxylation is 1. The molecule has 1 aromatic heterocycles. The lowest BCUT2D eigenvalue weighted by Crippen LogP contribution is -2.60. The van der Waals surface area contributed by atoms with Gasteiger partial charge in [-0.15, -0.1) is 22.9 Å². The first kappa shape index (κ1) is 36.2. The highest BCUT2D eigenvalue weighted by Gasteiger charge is 2.38. The van der Waals surface area contributed by atoms with Crippen molar-refractivity contribution in [3.05, 3.63) is 35.2 Å². The van der Waals surface area contributed by atoms with Crippen LogP contribution in [0, 0.1) is 0 Å². The fraction of sp³-hybridized carbons (Fsp3) is 0.500. The van der Waals surface area contributed by atoms with Gasteiger partial charge in [0.05, 0.1) is 0 Å². The van der Waals surface area contributed by atoms with Crippen molar-refractivity contribution < 1.29 is 38.7 Å². The Labute approximate surface area is 274 Å². The van der Waals surface area contributed by atoms with Gasteiger partial charge >= 0.3 is 5.97 Å². The van der Waals surface area contributed by atoms with Crippen molar-refractivity contribution in [3.8, 4) is 0 Å². The van der Waals surface area contributed by atoms with E-state index in [1.165, 1.54) is 4.90 Å². The molecule has 0 bridgehead atoms. The van der Waals surface area contributed by atoms with E-state index in [0.29, 0.717) is 19.3 Å². The van der Waals surface area contributed by atoms with Crippen molar-refractivity contribution in [2.45, 2.75) is 82.0 Å². The van der Waals surface area contributed by atoms with Crippen LogP contribution in [0.1, 0.15) is 56.9 Å². The molecule has 0 saturated carbocycles. The number of hydrogen-bond acceptors (Lipinski definition) is 8. The summed E-state index contributed by atoms with van der Waals surface area (Å²) < 4.78 is 1.05. The lowest BCUT2D eigenvalue weighted by atomic mass is 9.97.